The molecule has 0 radical (unpaired) electrons. The van der Waals surface area contributed by atoms with Crippen LogP contribution in [0, 0.1) is 10.1 Å². The highest BCUT2D eigenvalue weighted by molar-refractivity contribution is 6.05. The maximum absolute atomic E-state index is 10.9. The molecule has 0 bridgehead atoms. The van der Waals surface area contributed by atoms with Gasteiger partial charge in [0.25, 0.3) is 5.69 Å². The molecule has 0 unspecified atom stereocenters. The fourth-order valence-corrected chi connectivity index (χ4v) is 3.43. The fourth-order valence-electron chi connectivity index (χ4n) is 3.43. The Morgan fingerprint density at radius 1 is 0.741 bits per heavy atom. The zero-order valence-electron chi connectivity index (χ0n) is 14.2. The summed E-state index contributed by atoms with van der Waals surface area (Å²) in [6.07, 6.45) is 2.01. The van der Waals surface area contributed by atoms with E-state index in [0.29, 0.717) is 0 Å². The Kier molecular flexibility index (Phi) is 3.33. The van der Waals surface area contributed by atoms with Gasteiger partial charge in [-0.15, -0.1) is 0 Å². The van der Waals surface area contributed by atoms with Gasteiger partial charge in [0.15, 0.2) is 0 Å². The summed E-state index contributed by atoms with van der Waals surface area (Å²) in [5.41, 5.74) is 7.49. The van der Waals surface area contributed by atoms with Crippen molar-refractivity contribution < 1.29 is 4.92 Å². The summed E-state index contributed by atoms with van der Waals surface area (Å²) in [4.78, 5) is 20.2. The highest BCUT2D eigenvalue weighted by atomic mass is 16.6. The second-order valence-electron chi connectivity index (χ2n) is 6.36. The molecule has 1 heterocycles. The molecule has 0 fully saturated rings. The SMILES string of the molecule is O=[N+]([O-])c1ccc(/C=C2/c3ccccc3-c3nc4ccccc4nc32)cc1. The van der Waals surface area contributed by atoms with E-state index in [0.717, 1.165) is 44.7 Å². The van der Waals surface area contributed by atoms with Gasteiger partial charge in [0.05, 0.1) is 27.3 Å². The van der Waals surface area contributed by atoms with Crippen LogP contribution in [0.15, 0.2) is 72.8 Å². The number of hydrogen-bond donors (Lipinski definition) is 0. The van der Waals surface area contributed by atoms with Gasteiger partial charge < -0.3 is 0 Å². The molecule has 4 aromatic rings. The number of benzene rings is 3. The standard InChI is InChI=1S/C22H13N3O2/c26-25(27)15-11-9-14(10-12-15)13-18-16-5-1-2-6-17(16)21-22(18)24-20-8-4-3-7-19(20)23-21/h1-13H/b18-13-. The second-order valence-corrected chi connectivity index (χ2v) is 6.36. The van der Waals surface area contributed by atoms with Crippen LogP contribution in [0.5, 0.6) is 0 Å². The molecule has 1 aliphatic carbocycles. The lowest BCUT2D eigenvalue weighted by molar-refractivity contribution is -0.384. The van der Waals surface area contributed by atoms with E-state index in [4.69, 9.17) is 9.97 Å². The van der Waals surface area contributed by atoms with Gasteiger partial charge in [-0.1, -0.05) is 36.4 Å². The number of fused-ring (bicyclic) bond motifs is 4. The quantitative estimate of drug-likeness (QED) is 0.327. The molecule has 3 aromatic carbocycles. The van der Waals surface area contributed by atoms with Crippen molar-refractivity contribution in [3.63, 3.8) is 0 Å². The minimum Gasteiger partial charge on any atom is -0.258 e. The molecule has 5 nitrogen and oxygen atoms in total. The van der Waals surface area contributed by atoms with Crippen molar-refractivity contribution in [2.24, 2.45) is 0 Å². The van der Waals surface area contributed by atoms with Crippen LogP contribution in [0.25, 0.3) is 33.9 Å². The highest BCUT2D eigenvalue weighted by Gasteiger charge is 2.26. The first-order valence-corrected chi connectivity index (χ1v) is 8.54. The monoisotopic (exact) mass is 351 g/mol. The third-order valence-electron chi connectivity index (χ3n) is 4.71. The number of para-hydroxylation sites is 2. The largest absolute Gasteiger partial charge is 0.269 e. The summed E-state index contributed by atoms with van der Waals surface area (Å²) in [5.74, 6) is 0. The van der Waals surface area contributed by atoms with Crippen molar-refractivity contribution >= 4 is 28.4 Å². The van der Waals surface area contributed by atoms with Crippen LogP contribution in [-0.2, 0) is 0 Å². The predicted molar refractivity (Wildman–Crippen MR) is 105 cm³/mol. The van der Waals surface area contributed by atoms with E-state index in [1.807, 2.05) is 48.5 Å². The molecule has 128 valence electrons. The Balaban J connectivity index is 1.73. The van der Waals surface area contributed by atoms with Crippen molar-refractivity contribution in [3.8, 4) is 11.3 Å². The van der Waals surface area contributed by atoms with Crippen LogP contribution >= 0.6 is 0 Å². The number of nitro benzene ring substituents is 1. The van der Waals surface area contributed by atoms with E-state index in [2.05, 4.69) is 6.07 Å². The number of non-ortho nitro benzene ring substituents is 1. The molecular formula is C22H13N3O2. The molecule has 27 heavy (non-hydrogen) atoms. The summed E-state index contributed by atoms with van der Waals surface area (Å²) < 4.78 is 0. The lowest BCUT2D eigenvalue weighted by Crippen LogP contribution is -1.92. The van der Waals surface area contributed by atoms with E-state index >= 15 is 0 Å². The Bertz CT molecular complexity index is 1240. The van der Waals surface area contributed by atoms with Gasteiger partial charge in [0, 0.05) is 23.3 Å². The van der Waals surface area contributed by atoms with E-state index in [-0.39, 0.29) is 5.69 Å². The Labute approximate surface area is 154 Å². The maximum atomic E-state index is 10.9. The molecule has 1 aromatic heterocycles. The highest BCUT2D eigenvalue weighted by Crippen LogP contribution is 2.43. The van der Waals surface area contributed by atoms with Crippen molar-refractivity contribution in [1.82, 2.24) is 9.97 Å². The van der Waals surface area contributed by atoms with Gasteiger partial charge in [0.1, 0.15) is 0 Å². The molecule has 0 atom stereocenters. The van der Waals surface area contributed by atoms with Crippen molar-refractivity contribution in [3.05, 3.63) is 99.7 Å². The summed E-state index contributed by atoms with van der Waals surface area (Å²) in [6.45, 7) is 0. The van der Waals surface area contributed by atoms with E-state index < -0.39 is 4.92 Å². The number of nitro groups is 1. The van der Waals surface area contributed by atoms with Crippen molar-refractivity contribution in [1.29, 1.82) is 0 Å². The Morgan fingerprint density at radius 3 is 2.00 bits per heavy atom. The zero-order valence-corrected chi connectivity index (χ0v) is 14.2. The molecule has 0 amide bonds. The molecule has 0 saturated carbocycles. The molecule has 0 spiro atoms. The van der Waals surface area contributed by atoms with E-state index in [9.17, 15) is 10.1 Å². The lowest BCUT2D eigenvalue weighted by atomic mass is 10.0. The van der Waals surface area contributed by atoms with Gasteiger partial charge in [0.2, 0.25) is 0 Å². The Hall–Kier alpha value is -3.86. The summed E-state index contributed by atoms with van der Waals surface area (Å²) in [5, 5.41) is 10.9. The number of nitrogens with zero attached hydrogens (tertiary/aromatic N) is 3. The van der Waals surface area contributed by atoms with Crippen LogP contribution in [-0.4, -0.2) is 14.9 Å². The fraction of sp³-hybridized carbons (Fsp3) is 0. The van der Waals surface area contributed by atoms with Gasteiger partial charge in [-0.05, 0) is 41.5 Å². The van der Waals surface area contributed by atoms with E-state index in [1.54, 1.807) is 12.1 Å². The molecule has 1 aliphatic rings. The smallest absolute Gasteiger partial charge is 0.258 e. The number of rotatable bonds is 2. The first kappa shape index (κ1) is 15.4. The Morgan fingerprint density at radius 2 is 1.33 bits per heavy atom. The topological polar surface area (TPSA) is 68.9 Å². The summed E-state index contributed by atoms with van der Waals surface area (Å²) in [6, 6.07) is 22.4. The van der Waals surface area contributed by atoms with Gasteiger partial charge in [-0.2, -0.15) is 0 Å². The third-order valence-corrected chi connectivity index (χ3v) is 4.71. The molecule has 0 aliphatic heterocycles. The van der Waals surface area contributed by atoms with Crippen LogP contribution in [0.1, 0.15) is 16.8 Å². The predicted octanol–water partition coefficient (Wildman–Crippen LogP) is 5.11. The zero-order chi connectivity index (χ0) is 18.4. The minimum absolute atomic E-state index is 0.0788. The number of hydrogen-bond acceptors (Lipinski definition) is 4. The average Bonchev–Trinajstić information content (AvgIpc) is 3.00. The normalized spacial score (nSPS) is 13.6. The van der Waals surface area contributed by atoms with Crippen LogP contribution in [0.4, 0.5) is 5.69 Å². The van der Waals surface area contributed by atoms with Crippen LogP contribution in [0.3, 0.4) is 0 Å². The van der Waals surface area contributed by atoms with Gasteiger partial charge in [-0.25, -0.2) is 9.97 Å². The lowest BCUT2D eigenvalue weighted by Gasteiger charge is -2.04. The van der Waals surface area contributed by atoms with Gasteiger partial charge >= 0.3 is 0 Å². The van der Waals surface area contributed by atoms with Crippen molar-refractivity contribution in [2.45, 2.75) is 0 Å². The summed E-state index contributed by atoms with van der Waals surface area (Å²) in [7, 11) is 0. The number of aromatic nitrogens is 2. The third kappa shape index (κ3) is 2.48. The van der Waals surface area contributed by atoms with Crippen LogP contribution < -0.4 is 0 Å². The molecule has 5 rings (SSSR count). The van der Waals surface area contributed by atoms with Crippen LogP contribution in [0.2, 0.25) is 0 Å². The molecule has 0 N–H and O–H groups in total. The second kappa shape index (κ2) is 5.85. The van der Waals surface area contributed by atoms with E-state index in [1.165, 1.54) is 12.1 Å². The molecular weight excluding hydrogens is 338 g/mol. The van der Waals surface area contributed by atoms with Gasteiger partial charge in [-0.3, -0.25) is 10.1 Å². The summed E-state index contributed by atoms with van der Waals surface area (Å²) >= 11 is 0. The molecule has 5 heteroatoms. The molecule has 0 saturated heterocycles. The first-order valence-electron chi connectivity index (χ1n) is 8.54. The van der Waals surface area contributed by atoms with Crippen molar-refractivity contribution in [2.75, 3.05) is 0 Å². The average molecular weight is 351 g/mol. The first-order chi connectivity index (χ1) is 13.2. The minimum atomic E-state index is -0.394. The maximum Gasteiger partial charge on any atom is 0.269 e.